The van der Waals surface area contributed by atoms with Crippen molar-refractivity contribution in [3.63, 3.8) is 0 Å². The third kappa shape index (κ3) is 3.00. The van der Waals surface area contributed by atoms with Gasteiger partial charge in [-0.05, 0) is 42.3 Å². The van der Waals surface area contributed by atoms with Gasteiger partial charge in [0, 0.05) is 22.0 Å². The van der Waals surface area contributed by atoms with E-state index in [4.69, 9.17) is 9.15 Å². The van der Waals surface area contributed by atoms with Crippen molar-refractivity contribution in [3.05, 3.63) is 69.0 Å². The van der Waals surface area contributed by atoms with Gasteiger partial charge < -0.3 is 9.15 Å². The van der Waals surface area contributed by atoms with Crippen LogP contribution >= 0.6 is 15.9 Å². The van der Waals surface area contributed by atoms with Crippen molar-refractivity contribution < 1.29 is 9.15 Å². The number of fused-ring (bicyclic) bond motifs is 1. The van der Waals surface area contributed by atoms with Crippen LogP contribution in [-0.4, -0.2) is 0 Å². The molecule has 0 atom stereocenters. The summed E-state index contributed by atoms with van der Waals surface area (Å²) in [4.78, 5) is 11.3. The van der Waals surface area contributed by atoms with E-state index in [-0.39, 0.29) is 5.63 Å². The quantitative estimate of drug-likeness (QED) is 0.633. The molecule has 0 radical (unpaired) electrons. The van der Waals surface area contributed by atoms with Gasteiger partial charge in [0.15, 0.2) is 0 Å². The van der Waals surface area contributed by atoms with E-state index in [1.807, 2.05) is 30.3 Å². The molecule has 0 aliphatic rings. The van der Waals surface area contributed by atoms with E-state index in [0.29, 0.717) is 11.3 Å². The molecule has 21 heavy (non-hydrogen) atoms. The summed E-state index contributed by atoms with van der Waals surface area (Å²) in [7, 11) is 0. The zero-order valence-electron chi connectivity index (χ0n) is 11.4. The molecule has 0 spiro atoms. The Balaban J connectivity index is 1.94. The highest BCUT2D eigenvalue weighted by molar-refractivity contribution is 9.10. The molecule has 0 unspecified atom stereocenters. The van der Waals surface area contributed by atoms with Crippen LogP contribution < -0.4 is 10.4 Å². The molecule has 0 saturated heterocycles. The van der Waals surface area contributed by atoms with Crippen molar-refractivity contribution in [1.29, 1.82) is 0 Å². The Morgan fingerprint density at radius 2 is 1.76 bits per heavy atom. The first-order chi connectivity index (χ1) is 10.2. The summed E-state index contributed by atoms with van der Waals surface area (Å²) in [6, 6.07) is 14.5. The second kappa shape index (κ2) is 5.74. The molecule has 0 aliphatic carbocycles. The summed E-state index contributed by atoms with van der Waals surface area (Å²) in [5.41, 5.74) is 1.38. The number of ether oxygens (including phenoxy) is 1. The Labute approximate surface area is 130 Å². The van der Waals surface area contributed by atoms with Crippen LogP contribution in [0.25, 0.3) is 11.0 Å². The topological polar surface area (TPSA) is 39.4 Å². The van der Waals surface area contributed by atoms with Crippen molar-refractivity contribution in [2.45, 2.75) is 13.3 Å². The lowest BCUT2D eigenvalue weighted by atomic mass is 10.2. The Morgan fingerprint density at radius 3 is 2.52 bits per heavy atom. The number of aryl methyl sites for hydroxylation is 1. The van der Waals surface area contributed by atoms with Gasteiger partial charge in [0.1, 0.15) is 17.1 Å². The van der Waals surface area contributed by atoms with Gasteiger partial charge in [0.05, 0.1) is 0 Å². The van der Waals surface area contributed by atoms with Gasteiger partial charge in [-0.3, -0.25) is 0 Å². The maximum absolute atomic E-state index is 11.3. The molecular weight excluding hydrogens is 332 g/mol. The second-order valence-electron chi connectivity index (χ2n) is 4.66. The maximum atomic E-state index is 11.3. The Kier molecular flexibility index (Phi) is 3.80. The van der Waals surface area contributed by atoms with Crippen LogP contribution in [-0.2, 0) is 6.42 Å². The summed E-state index contributed by atoms with van der Waals surface area (Å²) in [6.45, 7) is 2.10. The van der Waals surface area contributed by atoms with Gasteiger partial charge >= 0.3 is 5.63 Å². The Hall–Kier alpha value is -2.07. The van der Waals surface area contributed by atoms with E-state index in [1.165, 1.54) is 11.6 Å². The number of hydrogen-bond acceptors (Lipinski definition) is 3. The first-order valence-electron chi connectivity index (χ1n) is 6.66. The molecule has 0 bridgehead atoms. The van der Waals surface area contributed by atoms with Crippen LogP contribution in [0.3, 0.4) is 0 Å². The fourth-order valence-corrected chi connectivity index (χ4v) is 2.76. The molecule has 0 saturated carbocycles. The molecule has 1 aromatic heterocycles. The highest BCUT2D eigenvalue weighted by Crippen LogP contribution is 2.29. The van der Waals surface area contributed by atoms with Crippen molar-refractivity contribution in [1.82, 2.24) is 0 Å². The van der Waals surface area contributed by atoms with Gasteiger partial charge in [-0.25, -0.2) is 4.79 Å². The predicted molar refractivity (Wildman–Crippen MR) is 86.1 cm³/mol. The fraction of sp³-hybridized carbons (Fsp3) is 0.118. The third-order valence-corrected chi connectivity index (χ3v) is 3.97. The van der Waals surface area contributed by atoms with Gasteiger partial charge in [0.2, 0.25) is 0 Å². The summed E-state index contributed by atoms with van der Waals surface area (Å²) >= 11 is 3.53. The van der Waals surface area contributed by atoms with E-state index in [1.54, 1.807) is 12.1 Å². The summed E-state index contributed by atoms with van der Waals surface area (Å²) in [5, 5.41) is 0.865. The fourth-order valence-electron chi connectivity index (χ4n) is 2.12. The SMILES string of the molecule is CCc1ccc(Oc2ccc3ccc(=O)oc3c2)cc1Br. The third-order valence-electron chi connectivity index (χ3n) is 3.24. The van der Waals surface area contributed by atoms with Gasteiger partial charge in [0.25, 0.3) is 0 Å². The average molecular weight is 345 g/mol. The van der Waals surface area contributed by atoms with E-state index < -0.39 is 0 Å². The lowest BCUT2D eigenvalue weighted by molar-refractivity contribution is 0.480. The summed E-state index contributed by atoms with van der Waals surface area (Å²) in [6.07, 6.45) is 0.960. The number of benzene rings is 2. The molecule has 0 amide bonds. The van der Waals surface area contributed by atoms with E-state index in [2.05, 4.69) is 22.9 Å². The first kappa shape index (κ1) is 13.9. The zero-order valence-corrected chi connectivity index (χ0v) is 13.0. The smallest absolute Gasteiger partial charge is 0.336 e. The number of halogens is 1. The van der Waals surface area contributed by atoms with Crippen molar-refractivity contribution in [2.75, 3.05) is 0 Å². The highest BCUT2D eigenvalue weighted by Gasteiger charge is 2.04. The van der Waals surface area contributed by atoms with Crippen LogP contribution in [0.2, 0.25) is 0 Å². The Morgan fingerprint density at radius 1 is 1.05 bits per heavy atom. The molecule has 4 heteroatoms. The lowest BCUT2D eigenvalue weighted by Crippen LogP contribution is -1.94. The predicted octanol–water partition coefficient (Wildman–Crippen LogP) is 4.91. The Bertz CT molecular complexity index is 852. The maximum Gasteiger partial charge on any atom is 0.336 e. The first-order valence-corrected chi connectivity index (χ1v) is 7.45. The van der Waals surface area contributed by atoms with Gasteiger partial charge in [-0.1, -0.05) is 28.9 Å². The molecule has 3 rings (SSSR count). The minimum atomic E-state index is -0.366. The van der Waals surface area contributed by atoms with Crippen molar-refractivity contribution in [3.8, 4) is 11.5 Å². The molecule has 0 N–H and O–H groups in total. The minimum Gasteiger partial charge on any atom is -0.457 e. The second-order valence-corrected chi connectivity index (χ2v) is 5.52. The van der Waals surface area contributed by atoms with E-state index >= 15 is 0 Å². The molecule has 3 aromatic rings. The summed E-state index contributed by atoms with van der Waals surface area (Å²) in [5.74, 6) is 1.37. The number of rotatable bonds is 3. The molecule has 0 fully saturated rings. The van der Waals surface area contributed by atoms with E-state index in [9.17, 15) is 4.79 Å². The monoisotopic (exact) mass is 344 g/mol. The molecule has 3 nitrogen and oxygen atoms in total. The normalized spacial score (nSPS) is 10.8. The van der Waals surface area contributed by atoms with Crippen LogP contribution in [0.15, 0.2) is 62.2 Å². The van der Waals surface area contributed by atoms with E-state index in [0.717, 1.165) is 22.0 Å². The molecule has 0 aliphatic heterocycles. The van der Waals surface area contributed by atoms with Gasteiger partial charge in [-0.15, -0.1) is 0 Å². The minimum absolute atomic E-state index is 0.366. The van der Waals surface area contributed by atoms with Crippen LogP contribution in [0.5, 0.6) is 11.5 Å². The zero-order chi connectivity index (χ0) is 14.8. The van der Waals surface area contributed by atoms with Crippen molar-refractivity contribution in [2.24, 2.45) is 0 Å². The highest BCUT2D eigenvalue weighted by atomic mass is 79.9. The standard InChI is InChI=1S/C17H13BrO3/c1-2-11-3-6-13(9-15(11)18)20-14-7-4-12-5-8-17(19)21-16(12)10-14/h3-10H,2H2,1H3. The van der Waals surface area contributed by atoms with Crippen LogP contribution in [0.4, 0.5) is 0 Å². The molecule has 2 aromatic carbocycles. The molecule has 106 valence electrons. The number of hydrogen-bond donors (Lipinski definition) is 0. The largest absolute Gasteiger partial charge is 0.457 e. The average Bonchev–Trinajstić information content (AvgIpc) is 2.47. The lowest BCUT2D eigenvalue weighted by Gasteiger charge is -2.08. The molecular formula is C17H13BrO3. The van der Waals surface area contributed by atoms with Crippen molar-refractivity contribution >= 4 is 26.9 Å². The molecule has 1 heterocycles. The summed E-state index contributed by atoms with van der Waals surface area (Å²) < 4.78 is 12.0. The van der Waals surface area contributed by atoms with Crippen LogP contribution in [0.1, 0.15) is 12.5 Å². The van der Waals surface area contributed by atoms with Crippen LogP contribution in [0, 0.1) is 0 Å². The van der Waals surface area contributed by atoms with Gasteiger partial charge in [-0.2, -0.15) is 0 Å².